The Labute approximate surface area is 112 Å². The number of ether oxygens (including phenoxy) is 1. The van der Waals surface area contributed by atoms with Crippen LogP contribution in [-0.4, -0.2) is 12.2 Å². The van der Waals surface area contributed by atoms with E-state index in [1.54, 1.807) is 19.3 Å². The molecule has 19 heavy (non-hydrogen) atoms. The number of aliphatic hydroxyl groups is 1. The van der Waals surface area contributed by atoms with Gasteiger partial charge in [0.25, 0.3) is 0 Å². The molecule has 1 aliphatic rings. The lowest BCUT2D eigenvalue weighted by atomic mass is 9.93. The Hall–Kier alpha value is -2.48. The molecule has 0 saturated carbocycles. The van der Waals surface area contributed by atoms with Crippen LogP contribution >= 0.6 is 0 Å². The molecule has 0 unspecified atom stereocenters. The molecule has 0 fully saturated rings. The average Bonchev–Trinajstić information content (AvgIpc) is 2.44. The average molecular weight is 250 g/mol. The van der Waals surface area contributed by atoms with E-state index in [9.17, 15) is 5.11 Å². The van der Waals surface area contributed by atoms with E-state index in [4.69, 9.17) is 4.74 Å². The highest BCUT2D eigenvalue weighted by Crippen LogP contribution is 2.33. The minimum atomic E-state index is 0.251. The first-order chi connectivity index (χ1) is 9.28. The number of hydrogen-bond acceptors (Lipinski definition) is 2. The van der Waals surface area contributed by atoms with Crippen LogP contribution in [0, 0.1) is 0 Å². The van der Waals surface area contributed by atoms with E-state index in [1.807, 2.05) is 42.5 Å². The fourth-order valence-corrected chi connectivity index (χ4v) is 2.29. The van der Waals surface area contributed by atoms with Crippen molar-refractivity contribution in [2.75, 3.05) is 7.11 Å². The highest BCUT2D eigenvalue weighted by Gasteiger charge is 2.11. The molecule has 0 heterocycles. The van der Waals surface area contributed by atoms with Crippen LogP contribution in [0.25, 0.3) is 23.3 Å². The SMILES string of the molecule is COc1ccc2c(c1)-c1ccccc1/C=C\C(O)=C/2. The highest BCUT2D eigenvalue weighted by molar-refractivity contribution is 5.85. The standard InChI is InChI=1S/C17H14O2/c1-19-15-9-7-13-10-14(18)8-6-12-4-2-3-5-16(12)17(13)11-15/h2-11,18H,1H3/b8-6-,12-6?,13-10?,14-8?,14-10+,17-16?. The number of aliphatic hydroxyl groups excluding tert-OH is 1. The van der Waals surface area contributed by atoms with E-state index >= 15 is 0 Å². The quantitative estimate of drug-likeness (QED) is 0.818. The van der Waals surface area contributed by atoms with Crippen LogP contribution in [0.5, 0.6) is 5.75 Å². The van der Waals surface area contributed by atoms with Crippen molar-refractivity contribution in [1.29, 1.82) is 0 Å². The van der Waals surface area contributed by atoms with Crippen molar-refractivity contribution in [3.05, 3.63) is 65.4 Å². The van der Waals surface area contributed by atoms with Gasteiger partial charge in [-0.25, -0.2) is 0 Å². The molecular formula is C17H14O2. The molecule has 2 aromatic carbocycles. The maximum absolute atomic E-state index is 9.86. The van der Waals surface area contributed by atoms with Crippen molar-refractivity contribution < 1.29 is 9.84 Å². The van der Waals surface area contributed by atoms with Crippen LogP contribution in [0.4, 0.5) is 0 Å². The van der Waals surface area contributed by atoms with Crippen LogP contribution in [0.1, 0.15) is 11.1 Å². The summed E-state index contributed by atoms with van der Waals surface area (Å²) in [6, 6.07) is 14.0. The minimum Gasteiger partial charge on any atom is -0.508 e. The van der Waals surface area contributed by atoms with Crippen molar-refractivity contribution >= 4 is 12.2 Å². The van der Waals surface area contributed by atoms with Crippen LogP contribution in [-0.2, 0) is 0 Å². The van der Waals surface area contributed by atoms with Gasteiger partial charge in [0.05, 0.1) is 7.11 Å². The Morgan fingerprint density at radius 1 is 0.895 bits per heavy atom. The summed E-state index contributed by atoms with van der Waals surface area (Å²) >= 11 is 0. The van der Waals surface area contributed by atoms with Crippen molar-refractivity contribution in [3.63, 3.8) is 0 Å². The molecule has 94 valence electrons. The van der Waals surface area contributed by atoms with Gasteiger partial charge in [-0.1, -0.05) is 36.4 Å². The van der Waals surface area contributed by atoms with Crippen molar-refractivity contribution in [2.24, 2.45) is 0 Å². The zero-order chi connectivity index (χ0) is 13.2. The number of allylic oxidation sites excluding steroid dienone is 1. The van der Waals surface area contributed by atoms with Crippen LogP contribution in [0.3, 0.4) is 0 Å². The normalized spacial score (nSPS) is 17.2. The third-order valence-corrected chi connectivity index (χ3v) is 3.25. The fraction of sp³-hybridized carbons (Fsp3) is 0.0588. The van der Waals surface area contributed by atoms with Gasteiger partial charge in [-0.2, -0.15) is 0 Å². The Bertz CT molecular complexity index is 681. The van der Waals surface area contributed by atoms with E-state index in [2.05, 4.69) is 6.07 Å². The van der Waals surface area contributed by atoms with Crippen molar-refractivity contribution in [2.45, 2.75) is 0 Å². The van der Waals surface area contributed by atoms with Gasteiger partial charge < -0.3 is 9.84 Å². The number of rotatable bonds is 1. The van der Waals surface area contributed by atoms with Crippen molar-refractivity contribution in [3.8, 4) is 16.9 Å². The number of benzene rings is 2. The summed E-state index contributed by atoms with van der Waals surface area (Å²) < 4.78 is 5.29. The van der Waals surface area contributed by atoms with Crippen LogP contribution in [0.15, 0.2) is 54.3 Å². The second-order valence-corrected chi connectivity index (χ2v) is 4.44. The second-order valence-electron chi connectivity index (χ2n) is 4.44. The summed E-state index contributed by atoms with van der Waals surface area (Å²) in [6.45, 7) is 0. The largest absolute Gasteiger partial charge is 0.508 e. The zero-order valence-corrected chi connectivity index (χ0v) is 10.6. The molecule has 1 aliphatic carbocycles. The third kappa shape index (κ3) is 2.13. The Balaban J connectivity index is 2.31. The van der Waals surface area contributed by atoms with Crippen LogP contribution in [0.2, 0.25) is 0 Å². The highest BCUT2D eigenvalue weighted by atomic mass is 16.5. The van der Waals surface area contributed by atoms with E-state index in [0.717, 1.165) is 28.0 Å². The van der Waals surface area contributed by atoms with Gasteiger partial charge >= 0.3 is 0 Å². The predicted octanol–water partition coefficient (Wildman–Crippen LogP) is 4.29. The molecule has 0 amide bonds. The molecular weight excluding hydrogens is 236 g/mol. The van der Waals surface area contributed by atoms with Crippen molar-refractivity contribution in [1.82, 2.24) is 0 Å². The maximum Gasteiger partial charge on any atom is 0.119 e. The molecule has 0 aliphatic heterocycles. The molecule has 0 spiro atoms. The first kappa shape index (κ1) is 11.6. The predicted molar refractivity (Wildman–Crippen MR) is 78.1 cm³/mol. The summed E-state index contributed by atoms with van der Waals surface area (Å²) in [5, 5.41) is 9.86. The summed E-state index contributed by atoms with van der Waals surface area (Å²) in [5.41, 5.74) is 4.26. The smallest absolute Gasteiger partial charge is 0.119 e. The van der Waals surface area contributed by atoms with Gasteiger partial charge in [0.1, 0.15) is 11.5 Å². The van der Waals surface area contributed by atoms with Gasteiger partial charge in [-0.15, -0.1) is 0 Å². The van der Waals surface area contributed by atoms with Gasteiger partial charge in [-0.05, 0) is 46.5 Å². The van der Waals surface area contributed by atoms with E-state index in [0.29, 0.717) is 0 Å². The minimum absolute atomic E-state index is 0.251. The summed E-state index contributed by atoms with van der Waals surface area (Å²) in [6.07, 6.45) is 5.40. The lowest BCUT2D eigenvalue weighted by Gasteiger charge is -2.13. The van der Waals surface area contributed by atoms with E-state index in [1.165, 1.54) is 0 Å². The van der Waals surface area contributed by atoms with Gasteiger partial charge in [0.2, 0.25) is 0 Å². The topological polar surface area (TPSA) is 29.5 Å². The van der Waals surface area contributed by atoms with Gasteiger partial charge in [-0.3, -0.25) is 0 Å². The Morgan fingerprint density at radius 3 is 2.58 bits per heavy atom. The molecule has 0 radical (unpaired) electrons. The summed E-state index contributed by atoms with van der Waals surface area (Å²) in [5.74, 6) is 1.06. The first-order valence-corrected chi connectivity index (χ1v) is 6.14. The van der Waals surface area contributed by atoms with Gasteiger partial charge in [0, 0.05) is 0 Å². The fourth-order valence-electron chi connectivity index (χ4n) is 2.29. The molecule has 0 saturated heterocycles. The molecule has 0 aromatic heterocycles. The van der Waals surface area contributed by atoms with E-state index < -0.39 is 0 Å². The molecule has 0 atom stereocenters. The van der Waals surface area contributed by atoms with E-state index in [-0.39, 0.29) is 5.76 Å². The Kier molecular flexibility index (Phi) is 2.84. The monoisotopic (exact) mass is 250 g/mol. The number of hydrogen-bond donors (Lipinski definition) is 1. The molecule has 2 aromatic rings. The lowest BCUT2D eigenvalue weighted by molar-refractivity contribution is 0.415. The Morgan fingerprint density at radius 2 is 1.74 bits per heavy atom. The lowest BCUT2D eigenvalue weighted by Crippen LogP contribution is -1.92. The summed E-state index contributed by atoms with van der Waals surface area (Å²) in [4.78, 5) is 0. The summed E-state index contributed by atoms with van der Waals surface area (Å²) in [7, 11) is 1.66. The molecule has 1 N–H and O–H groups in total. The third-order valence-electron chi connectivity index (χ3n) is 3.25. The number of methoxy groups -OCH3 is 1. The maximum atomic E-state index is 9.86. The second kappa shape index (κ2) is 4.65. The zero-order valence-electron chi connectivity index (χ0n) is 10.6. The molecule has 3 rings (SSSR count). The van der Waals surface area contributed by atoms with Gasteiger partial charge in [0.15, 0.2) is 0 Å². The number of fused-ring (bicyclic) bond motifs is 3. The molecule has 2 heteroatoms. The van der Waals surface area contributed by atoms with Crippen LogP contribution < -0.4 is 4.74 Å². The molecule has 2 nitrogen and oxygen atoms in total. The molecule has 0 bridgehead atoms. The first-order valence-electron chi connectivity index (χ1n) is 6.14.